The van der Waals surface area contributed by atoms with Crippen LogP contribution in [0.4, 0.5) is 0 Å². The SMILES string of the molecule is O=C(O)[C@H]1CCN(C(=O)Cc2cc(-c3ccccc3)on2)C1. The van der Waals surface area contributed by atoms with Gasteiger partial charge in [0.15, 0.2) is 5.76 Å². The van der Waals surface area contributed by atoms with Crippen LogP contribution in [-0.4, -0.2) is 40.1 Å². The molecule has 0 saturated carbocycles. The van der Waals surface area contributed by atoms with Crippen LogP contribution in [0.25, 0.3) is 11.3 Å². The molecule has 2 heterocycles. The van der Waals surface area contributed by atoms with E-state index in [1.807, 2.05) is 30.3 Å². The van der Waals surface area contributed by atoms with Gasteiger partial charge in [-0.2, -0.15) is 0 Å². The zero-order valence-corrected chi connectivity index (χ0v) is 11.9. The molecular weight excluding hydrogens is 284 g/mol. The van der Waals surface area contributed by atoms with Crippen LogP contribution < -0.4 is 0 Å². The van der Waals surface area contributed by atoms with Crippen LogP contribution in [0.3, 0.4) is 0 Å². The third-order valence-corrected chi connectivity index (χ3v) is 3.84. The Hall–Kier alpha value is -2.63. The standard InChI is InChI=1S/C16H16N2O4/c19-15(18-7-6-12(10-18)16(20)21)9-13-8-14(22-17-13)11-4-2-1-3-5-11/h1-5,8,12H,6-7,9-10H2,(H,20,21)/t12-/m0/s1. The summed E-state index contributed by atoms with van der Waals surface area (Å²) in [5, 5.41) is 12.9. The number of rotatable bonds is 4. The average molecular weight is 300 g/mol. The van der Waals surface area contributed by atoms with Crippen molar-refractivity contribution in [3.63, 3.8) is 0 Å². The third-order valence-electron chi connectivity index (χ3n) is 3.84. The Kier molecular flexibility index (Phi) is 3.91. The first-order valence-corrected chi connectivity index (χ1v) is 7.15. The summed E-state index contributed by atoms with van der Waals surface area (Å²) in [7, 11) is 0. The average Bonchev–Trinajstić information content (AvgIpc) is 3.17. The maximum atomic E-state index is 12.2. The summed E-state index contributed by atoms with van der Waals surface area (Å²) < 4.78 is 5.26. The predicted octanol–water partition coefficient (Wildman–Crippen LogP) is 1.82. The normalized spacial score (nSPS) is 17.6. The maximum Gasteiger partial charge on any atom is 0.308 e. The predicted molar refractivity (Wildman–Crippen MR) is 78.0 cm³/mol. The number of carboxylic acids is 1. The largest absolute Gasteiger partial charge is 0.481 e. The van der Waals surface area contributed by atoms with Gasteiger partial charge in [-0.05, 0) is 6.42 Å². The van der Waals surface area contributed by atoms with Crippen LogP contribution >= 0.6 is 0 Å². The summed E-state index contributed by atoms with van der Waals surface area (Å²) >= 11 is 0. The Balaban J connectivity index is 1.63. The van der Waals surface area contributed by atoms with E-state index in [-0.39, 0.29) is 18.9 Å². The van der Waals surface area contributed by atoms with E-state index in [1.54, 1.807) is 11.0 Å². The number of carbonyl (C=O) groups is 2. The van der Waals surface area contributed by atoms with Crippen molar-refractivity contribution in [1.82, 2.24) is 10.1 Å². The fourth-order valence-corrected chi connectivity index (χ4v) is 2.59. The van der Waals surface area contributed by atoms with Crippen LogP contribution in [-0.2, 0) is 16.0 Å². The highest BCUT2D eigenvalue weighted by Gasteiger charge is 2.31. The maximum absolute atomic E-state index is 12.2. The molecule has 0 spiro atoms. The molecule has 3 rings (SSSR count). The van der Waals surface area contributed by atoms with E-state index in [1.165, 1.54) is 0 Å². The van der Waals surface area contributed by atoms with Gasteiger partial charge in [-0.25, -0.2) is 0 Å². The molecule has 1 saturated heterocycles. The Morgan fingerprint density at radius 3 is 2.77 bits per heavy atom. The van der Waals surface area contributed by atoms with E-state index < -0.39 is 11.9 Å². The minimum Gasteiger partial charge on any atom is -0.481 e. The summed E-state index contributed by atoms with van der Waals surface area (Å²) in [6, 6.07) is 11.3. The number of carbonyl (C=O) groups excluding carboxylic acids is 1. The van der Waals surface area contributed by atoms with E-state index >= 15 is 0 Å². The van der Waals surface area contributed by atoms with Crippen molar-refractivity contribution >= 4 is 11.9 Å². The number of benzene rings is 1. The number of aliphatic carboxylic acids is 1. The van der Waals surface area contributed by atoms with Crippen molar-refractivity contribution in [3.05, 3.63) is 42.1 Å². The van der Waals surface area contributed by atoms with Gasteiger partial charge in [-0.3, -0.25) is 9.59 Å². The number of aromatic nitrogens is 1. The van der Waals surface area contributed by atoms with Gasteiger partial charge in [-0.1, -0.05) is 35.5 Å². The summed E-state index contributed by atoms with van der Waals surface area (Å²) in [6.45, 7) is 0.761. The Morgan fingerprint density at radius 1 is 1.32 bits per heavy atom. The summed E-state index contributed by atoms with van der Waals surface area (Å²) in [6.07, 6.45) is 0.637. The number of carboxylic acid groups (broad SMARTS) is 1. The van der Waals surface area contributed by atoms with Gasteiger partial charge in [0.05, 0.1) is 18.0 Å². The lowest BCUT2D eigenvalue weighted by Gasteiger charge is -2.14. The zero-order valence-electron chi connectivity index (χ0n) is 11.9. The zero-order chi connectivity index (χ0) is 15.5. The van der Waals surface area contributed by atoms with Gasteiger partial charge in [0.2, 0.25) is 5.91 Å². The molecule has 22 heavy (non-hydrogen) atoms. The van der Waals surface area contributed by atoms with E-state index in [2.05, 4.69) is 5.16 Å². The monoisotopic (exact) mass is 300 g/mol. The van der Waals surface area contributed by atoms with Crippen LogP contribution in [0.5, 0.6) is 0 Å². The topological polar surface area (TPSA) is 83.6 Å². The van der Waals surface area contributed by atoms with Crippen LogP contribution in [0.15, 0.2) is 40.9 Å². The Labute approximate surface area is 127 Å². The molecule has 0 radical (unpaired) electrons. The van der Waals surface area contributed by atoms with Crippen molar-refractivity contribution in [2.75, 3.05) is 13.1 Å². The fraction of sp³-hybridized carbons (Fsp3) is 0.312. The number of hydrogen-bond donors (Lipinski definition) is 1. The highest BCUT2D eigenvalue weighted by Crippen LogP contribution is 2.21. The highest BCUT2D eigenvalue weighted by molar-refractivity contribution is 5.80. The van der Waals surface area contributed by atoms with Crippen molar-refractivity contribution in [2.24, 2.45) is 5.92 Å². The van der Waals surface area contributed by atoms with Gasteiger partial charge < -0.3 is 14.5 Å². The molecule has 114 valence electrons. The third kappa shape index (κ3) is 3.00. The molecule has 0 bridgehead atoms. The number of likely N-dealkylation sites (tertiary alicyclic amines) is 1. The molecule has 1 aromatic heterocycles. The van der Waals surface area contributed by atoms with E-state index in [9.17, 15) is 9.59 Å². The summed E-state index contributed by atoms with van der Waals surface area (Å²) in [4.78, 5) is 24.7. The van der Waals surface area contributed by atoms with Gasteiger partial charge in [0, 0.05) is 24.7 Å². The smallest absolute Gasteiger partial charge is 0.308 e. The molecule has 1 N–H and O–H groups in total. The fourth-order valence-electron chi connectivity index (χ4n) is 2.59. The van der Waals surface area contributed by atoms with E-state index in [0.717, 1.165) is 5.56 Å². The minimum absolute atomic E-state index is 0.114. The van der Waals surface area contributed by atoms with Gasteiger partial charge >= 0.3 is 5.97 Å². The van der Waals surface area contributed by atoms with Crippen LogP contribution in [0, 0.1) is 5.92 Å². The quantitative estimate of drug-likeness (QED) is 0.931. The van der Waals surface area contributed by atoms with Gasteiger partial charge in [0.1, 0.15) is 0 Å². The lowest BCUT2D eigenvalue weighted by Crippen LogP contribution is -2.31. The molecule has 1 atom stereocenters. The van der Waals surface area contributed by atoms with Gasteiger partial charge in [0.25, 0.3) is 0 Å². The molecule has 6 heteroatoms. The molecule has 1 amide bonds. The Bertz CT molecular complexity index is 680. The number of nitrogens with zero attached hydrogens (tertiary/aromatic N) is 2. The highest BCUT2D eigenvalue weighted by atomic mass is 16.5. The van der Waals surface area contributed by atoms with Crippen molar-refractivity contribution in [3.8, 4) is 11.3 Å². The second-order valence-electron chi connectivity index (χ2n) is 5.39. The first-order valence-electron chi connectivity index (χ1n) is 7.15. The summed E-state index contributed by atoms with van der Waals surface area (Å²) in [5.74, 6) is -0.797. The van der Waals surface area contributed by atoms with Crippen molar-refractivity contribution in [1.29, 1.82) is 0 Å². The first kappa shape index (κ1) is 14.3. The van der Waals surface area contributed by atoms with Gasteiger partial charge in [-0.15, -0.1) is 0 Å². The molecular formula is C16H16N2O4. The molecule has 0 unspecified atom stereocenters. The van der Waals surface area contributed by atoms with E-state index in [0.29, 0.717) is 24.4 Å². The second-order valence-corrected chi connectivity index (χ2v) is 5.39. The molecule has 0 aliphatic carbocycles. The molecule has 1 aliphatic rings. The van der Waals surface area contributed by atoms with Crippen LogP contribution in [0.1, 0.15) is 12.1 Å². The second kappa shape index (κ2) is 6.01. The molecule has 1 aliphatic heterocycles. The van der Waals surface area contributed by atoms with Crippen molar-refractivity contribution < 1.29 is 19.2 Å². The molecule has 1 fully saturated rings. The van der Waals surface area contributed by atoms with Crippen molar-refractivity contribution in [2.45, 2.75) is 12.8 Å². The summed E-state index contributed by atoms with van der Waals surface area (Å²) in [5.41, 5.74) is 1.46. The minimum atomic E-state index is -0.844. The number of hydrogen-bond acceptors (Lipinski definition) is 4. The molecule has 1 aromatic carbocycles. The lowest BCUT2D eigenvalue weighted by atomic mass is 10.1. The van der Waals surface area contributed by atoms with Crippen LogP contribution in [0.2, 0.25) is 0 Å². The first-order chi connectivity index (χ1) is 10.6. The molecule has 6 nitrogen and oxygen atoms in total. The lowest BCUT2D eigenvalue weighted by molar-refractivity contribution is -0.141. The molecule has 2 aromatic rings. The number of amides is 1. The van der Waals surface area contributed by atoms with E-state index in [4.69, 9.17) is 9.63 Å². The Morgan fingerprint density at radius 2 is 2.09 bits per heavy atom.